The van der Waals surface area contributed by atoms with Crippen molar-refractivity contribution in [3.63, 3.8) is 0 Å². The molecule has 0 spiro atoms. The van der Waals surface area contributed by atoms with Crippen molar-refractivity contribution in [2.45, 2.75) is 10.9 Å². The number of anilines is 1. The summed E-state index contributed by atoms with van der Waals surface area (Å²) in [6.45, 7) is -0.267. The molecule has 0 fully saturated rings. The zero-order chi connectivity index (χ0) is 19.9. The Morgan fingerprint density at radius 3 is 2.89 bits per heavy atom. The van der Waals surface area contributed by atoms with E-state index >= 15 is 0 Å². The predicted molar refractivity (Wildman–Crippen MR) is 99.7 cm³/mol. The van der Waals surface area contributed by atoms with Gasteiger partial charge in [-0.1, -0.05) is 17.8 Å². The largest absolute Gasteiger partial charge is 0.491 e. The summed E-state index contributed by atoms with van der Waals surface area (Å²) < 4.78 is 25.5. The number of pyridine rings is 1. The lowest BCUT2D eigenvalue weighted by Crippen LogP contribution is -2.20. The molecule has 2 heterocycles. The molecule has 0 aliphatic rings. The minimum absolute atomic E-state index is 0.267. The number of rotatable bonds is 8. The Balaban J connectivity index is 1.61. The quantitative estimate of drug-likeness (QED) is 0.569. The van der Waals surface area contributed by atoms with Crippen LogP contribution in [0.4, 0.5) is 10.1 Å². The van der Waals surface area contributed by atoms with Gasteiger partial charge in [0.2, 0.25) is 5.16 Å². The summed E-state index contributed by atoms with van der Waals surface area (Å²) in [5.74, 6) is 0.413. The number of aromatic nitrogens is 5. The standard InChI is InChI=1S/C17H17FN6O3S/c1-24-17(21-22-23-24)28-10-13-7-14(15(26-2)8-19-13)27-9-16(25)20-12-5-3-4-11(18)6-12/h3-8H,9-10H2,1-2H3,(H,20,25). The Morgan fingerprint density at radius 2 is 2.18 bits per heavy atom. The van der Waals surface area contributed by atoms with Gasteiger partial charge in [0.05, 0.1) is 19.0 Å². The minimum Gasteiger partial charge on any atom is -0.491 e. The SMILES string of the molecule is COc1cnc(CSc2nnnn2C)cc1OCC(=O)Nc1cccc(F)c1. The number of halogens is 1. The van der Waals surface area contributed by atoms with Gasteiger partial charge in [-0.2, -0.15) is 0 Å². The second-order valence-corrected chi connectivity index (χ2v) is 6.49. The van der Waals surface area contributed by atoms with Crippen LogP contribution in [0.5, 0.6) is 11.5 Å². The Bertz CT molecular complexity index is 968. The topological polar surface area (TPSA) is 104 Å². The highest BCUT2D eigenvalue weighted by molar-refractivity contribution is 7.98. The van der Waals surface area contributed by atoms with E-state index in [1.807, 2.05) is 0 Å². The van der Waals surface area contributed by atoms with Crippen LogP contribution in [0.15, 0.2) is 41.7 Å². The smallest absolute Gasteiger partial charge is 0.262 e. The molecule has 146 valence electrons. The summed E-state index contributed by atoms with van der Waals surface area (Å²) in [7, 11) is 3.23. The second kappa shape index (κ2) is 9.13. The average Bonchev–Trinajstić information content (AvgIpc) is 3.09. The first kappa shape index (κ1) is 19.5. The van der Waals surface area contributed by atoms with E-state index in [2.05, 4.69) is 25.8 Å². The Hall–Kier alpha value is -3.21. The molecule has 1 N–H and O–H groups in total. The number of amides is 1. The molecule has 3 aromatic rings. The number of benzene rings is 1. The van der Waals surface area contributed by atoms with Crippen molar-refractivity contribution in [3.8, 4) is 11.5 Å². The van der Waals surface area contributed by atoms with Crippen LogP contribution in [0.3, 0.4) is 0 Å². The lowest BCUT2D eigenvalue weighted by atomic mass is 10.3. The van der Waals surface area contributed by atoms with Gasteiger partial charge in [0.1, 0.15) is 5.82 Å². The predicted octanol–water partition coefficient (Wildman–Crippen LogP) is 2.06. The van der Waals surface area contributed by atoms with Crippen molar-refractivity contribution in [3.05, 3.63) is 48.0 Å². The van der Waals surface area contributed by atoms with E-state index in [9.17, 15) is 9.18 Å². The van der Waals surface area contributed by atoms with Crippen LogP contribution >= 0.6 is 11.8 Å². The zero-order valence-corrected chi connectivity index (χ0v) is 15.9. The fourth-order valence-corrected chi connectivity index (χ4v) is 2.95. The van der Waals surface area contributed by atoms with E-state index in [4.69, 9.17) is 9.47 Å². The lowest BCUT2D eigenvalue weighted by Gasteiger charge is -2.12. The molecule has 11 heteroatoms. The fourth-order valence-electron chi connectivity index (χ4n) is 2.20. The minimum atomic E-state index is -0.435. The normalized spacial score (nSPS) is 10.5. The molecule has 2 aromatic heterocycles. The van der Waals surface area contributed by atoms with Crippen LogP contribution in [-0.4, -0.2) is 44.8 Å². The third-order valence-corrected chi connectivity index (χ3v) is 4.55. The van der Waals surface area contributed by atoms with E-state index in [1.165, 1.54) is 43.3 Å². The molecule has 0 aliphatic carbocycles. The van der Waals surface area contributed by atoms with Crippen LogP contribution in [-0.2, 0) is 17.6 Å². The average molecular weight is 404 g/mol. The monoisotopic (exact) mass is 404 g/mol. The van der Waals surface area contributed by atoms with Crippen LogP contribution in [0.1, 0.15) is 5.69 Å². The Morgan fingerprint density at radius 1 is 1.32 bits per heavy atom. The fraction of sp³-hybridized carbons (Fsp3) is 0.235. The summed E-state index contributed by atoms with van der Waals surface area (Å²) >= 11 is 1.41. The molecule has 0 atom stereocenters. The van der Waals surface area contributed by atoms with Gasteiger partial charge in [-0.05, 0) is 28.6 Å². The Labute approximate surface area is 164 Å². The number of nitrogens with zero attached hydrogens (tertiary/aromatic N) is 5. The molecule has 3 rings (SSSR count). The molecule has 0 bridgehead atoms. The molecule has 0 aliphatic heterocycles. The van der Waals surface area contributed by atoms with Crippen molar-refractivity contribution >= 4 is 23.4 Å². The maximum Gasteiger partial charge on any atom is 0.262 e. The number of hydrogen-bond donors (Lipinski definition) is 1. The number of ether oxygens (including phenoxy) is 2. The van der Waals surface area contributed by atoms with Crippen molar-refractivity contribution in [1.29, 1.82) is 0 Å². The van der Waals surface area contributed by atoms with Gasteiger partial charge in [0.25, 0.3) is 5.91 Å². The summed E-state index contributed by atoms with van der Waals surface area (Å²) in [5, 5.41) is 14.4. The number of aryl methyl sites for hydroxylation is 1. The van der Waals surface area contributed by atoms with E-state index in [-0.39, 0.29) is 6.61 Å². The maximum atomic E-state index is 13.2. The number of hydrogen-bond acceptors (Lipinski definition) is 8. The van der Waals surface area contributed by atoms with Crippen LogP contribution in [0.25, 0.3) is 0 Å². The van der Waals surface area contributed by atoms with Gasteiger partial charge >= 0.3 is 0 Å². The first-order chi connectivity index (χ1) is 13.5. The number of nitrogens with one attached hydrogen (secondary N) is 1. The van der Waals surface area contributed by atoms with E-state index in [1.54, 1.807) is 23.9 Å². The highest BCUT2D eigenvalue weighted by Gasteiger charge is 2.12. The number of carbonyl (C=O) groups excluding carboxylic acids is 1. The van der Waals surface area contributed by atoms with Gasteiger partial charge in [-0.15, -0.1) is 5.10 Å². The molecule has 1 amide bonds. The number of methoxy groups -OCH3 is 1. The molecule has 0 saturated carbocycles. The van der Waals surface area contributed by atoms with Gasteiger partial charge in [0, 0.05) is 24.6 Å². The first-order valence-corrected chi connectivity index (χ1v) is 9.10. The van der Waals surface area contributed by atoms with Crippen molar-refractivity contribution in [1.82, 2.24) is 25.2 Å². The molecule has 1 aromatic carbocycles. The second-order valence-electron chi connectivity index (χ2n) is 5.55. The highest BCUT2D eigenvalue weighted by atomic mass is 32.2. The van der Waals surface area contributed by atoms with E-state index in [0.29, 0.717) is 33.8 Å². The van der Waals surface area contributed by atoms with Gasteiger partial charge in [0.15, 0.2) is 18.1 Å². The summed E-state index contributed by atoms with van der Waals surface area (Å²) in [6, 6.07) is 7.30. The summed E-state index contributed by atoms with van der Waals surface area (Å²) in [5.41, 5.74) is 1.05. The maximum absolute atomic E-state index is 13.2. The lowest BCUT2D eigenvalue weighted by molar-refractivity contribution is -0.118. The highest BCUT2D eigenvalue weighted by Crippen LogP contribution is 2.29. The summed E-state index contributed by atoms with van der Waals surface area (Å²) in [4.78, 5) is 16.4. The van der Waals surface area contributed by atoms with Crippen LogP contribution in [0, 0.1) is 5.82 Å². The zero-order valence-electron chi connectivity index (χ0n) is 15.1. The van der Waals surface area contributed by atoms with Crippen LogP contribution < -0.4 is 14.8 Å². The molecule has 0 radical (unpaired) electrons. The van der Waals surface area contributed by atoms with E-state index < -0.39 is 11.7 Å². The van der Waals surface area contributed by atoms with Crippen molar-refractivity contribution < 1.29 is 18.7 Å². The number of thioether (sulfide) groups is 1. The number of carbonyl (C=O) groups is 1. The number of tetrazole rings is 1. The first-order valence-electron chi connectivity index (χ1n) is 8.11. The summed E-state index contributed by atoms with van der Waals surface area (Å²) in [6.07, 6.45) is 1.52. The Kier molecular flexibility index (Phi) is 6.37. The molecular weight excluding hydrogens is 387 g/mol. The third kappa shape index (κ3) is 5.16. The van der Waals surface area contributed by atoms with Crippen molar-refractivity contribution in [2.24, 2.45) is 7.05 Å². The molecule has 28 heavy (non-hydrogen) atoms. The third-order valence-electron chi connectivity index (χ3n) is 3.51. The van der Waals surface area contributed by atoms with Crippen molar-refractivity contribution in [2.75, 3.05) is 19.0 Å². The molecule has 9 nitrogen and oxygen atoms in total. The van der Waals surface area contributed by atoms with E-state index in [0.717, 1.165) is 0 Å². The molecule has 0 saturated heterocycles. The van der Waals surface area contributed by atoms with Crippen LogP contribution in [0.2, 0.25) is 0 Å². The van der Waals surface area contributed by atoms with Gasteiger partial charge in [-0.25, -0.2) is 9.07 Å². The molecular formula is C17H17FN6O3S. The van der Waals surface area contributed by atoms with Gasteiger partial charge in [-0.3, -0.25) is 9.78 Å². The van der Waals surface area contributed by atoms with Gasteiger partial charge < -0.3 is 14.8 Å². The molecule has 0 unspecified atom stereocenters.